The van der Waals surface area contributed by atoms with Crippen LogP contribution in [0.3, 0.4) is 0 Å². The van der Waals surface area contributed by atoms with Gasteiger partial charge in [0, 0.05) is 19.4 Å². The van der Waals surface area contributed by atoms with Gasteiger partial charge in [0.2, 0.25) is 0 Å². The van der Waals surface area contributed by atoms with Crippen molar-refractivity contribution in [1.82, 2.24) is 19.7 Å². The molecule has 15 heavy (non-hydrogen) atoms. The first kappa shape index (κ1) is 10.1. The molecule has 6 heteroatoms. The van der Waals surface area contributed by atoms with Crippen molar-refractivity contribution in [2.75, 3.05) is 5.32 Å². The molecule has 2 rings (SSSR count). The van der Waals surface area contributed by atoms with Gasteiger partial charge in [0.05, 0.1) is 16.7 Å². The molecule has 0 aliphatic carbocycles. The summed E-state index contributed by atoms with van der Waals surface area (Å²) in [6, 6.07) is 1.96. The number of nitrogens with one attached hydrogen (secondary N) is 1. The molecule has 0 amide bonds. The van der Waals surface area contributed by atoms with E-state index in [-0.39, 0.29) is 0 Å². The Bertz CT molecular complexity index is 453. The maximum Gasteiger partial charge on any atom is 0.144 e. The average molecular weight is 268 g/mol. The molecule has 0 atom stereocenters. The number of aryl methyl sites for hydroxylation is 1. The number of hydrogen-bond acceptors (Lipinski definition) is 4. The molecule has 0 aliphatic heterocycles. The number of hydrogen-bond donors (Lipinski definition) is 1. The van der Waals surface area contributed by atoms with E-state index in [9.17, 15) is 0 Å². The highest BCUT2D eigenvalue weighted by Crippen LogP contribution is 2.17. The third kappa shape index (κ3) is 2.33. The van der Waals surface area contributed by atoms with Gasteiger partial charge in [0.25, 0.3) is 0 Å². The molecule has 0 radical (unpaired) electrons. The number of anilines is 1. The van der Waals surface area contributed by atoms with Gasteiger partial charge in [-0.1, -0.05) is 0 Å². The van der Waals surface area contributed by atoms with Crippen molar-refractivity contribution in [2.24, 2.45) is 7.05 Å². The van der Waals surface area contributed by atoms with Crippen LogP contribution in [0.5, 0.6) is 0 Å². The number of rotatable bonds is 3. The van der Waals surface area contributed by atoms with Gasteiger partial charge in [-0.15, -0.1) is 0 Å². The maximum atomic E-state index is 4.11. The molecule has 5 nitrogen and oxygen atoms in total. The number of nitrogens with zero attached hydrogens (tertiary/aromatic N) is 4. The van der Waals surface area contributed by atoms with Crippen LogP contribution < -0.4 is 5.32 Å². The normalized spacial score (nSPS) is 10.3. The Balaban J connectivity index is 2.06. The molecule has 0 aliphatic rings. The molecule has 0 saturated heterocycles. The van der Waals surface area contributed by atoms with Crippen molar-refractivity contribution >= 4 is 21.7 Å². The lowest BCUT2D eigenvalue weighted by Gasteiger charge is -2.06. The number of aromatic nitrogens is 4. The van der Waals surface area contributed by atoms with Crippen LogP contribution in [0.25, 0.3) is 0 Å². The van der Waals surface area contributed by atoms with Gasteiger partial charge in [-0.05, 0) is 22.0 Å². The largest absolute Gasteiger partial charge is 0.363 e. The van der Waals surface area contributed by atoms with Gasteiger partial charge in [-0.2, -0.15) is 5.10 Å². The van der Waals surface area contributed by atoms with Crippen LogP contribution in [-0.4, -0.2) is 19.7 Å². The standard InChI is InChI=1S/C9H10BrN5/c1-15-7(2-3-14-15)4-12-9-8(10)5-11-6-13-9/h2-3,5-6H,4H2,1H3,(H,11,12,13). The second-order valence-corrected chi connectivity index (χ2v) is 3.87. The molecule has 2 heterocycles. The van der Waals surface area contributed by atoms with E-state index in [4.69, 9.17) is 0 Å². The smallest absolute Gasteiger partial charge is 0.144 e. The van der Waals surface area contributed by atoms with Gasteiger partial charge in [0.1, 0.15) is 12.1 Å². The van der Waals surface area contributed by atoms with Crippen LogP contribution in [0, 0.1) is 0 Å². The highest BCUT2D eigenvalue weighted by Gasteiger charge is 2.02. The van der Waals surface area contributed by atoms with Crippen molar-refractivity contribution in [1.29, 1.82) is 0 Å². The first-order valence-corrected chi connectivity index (χ1v) is 5.23. The summed E-state index contributed by atoms with van der Waals surface area (Å²) < 4.78 is 2.68. The Kier molecular flexibility index (Phi) is 2.96. The SMILES string of the molecule is Cn1nccc1CNc1ncncc1Br. The summed E-state index contributed by atoms with van der Waals surface area (Å²) in [5.74, 6) is 0.784. The minimum absolute atomic E-state index is 0.687. The summed E-state index contributed by atoms with van der Waals surface area (Å²) in [6.07, 6.45) is 4.99. The zero-order valence-corrected chi connectivity index (χ0v) is 9.77. The lowest BCUT2D eigenvalue weighted by molar-refractivity contribution is 0.719. The molecular weight excluding hydrogens is 258 g/mol. The Hall–Kier alpha value is -1.43. The first-order chi connectivity index (χ1) is 7.27. The van der Waals surface area contributed by atoms with Crippen molar-refractivity contribution in [3.63, 3.8) is 0 Å². The maximum absolute atomic E-state index is 4.11. The van der Waals surface area contributed by atoms with Crippen LogP contribution in [0.1, 0.15) is 5.69 Å². The molecule has 0 spiro atoms. The molecule has 0 fully saturated rings. The summed E-state index contributed by atoms with van der Waals surface area (Å²) in [7, 11) is 1.91. The van der Waals surface area contributed by atoms with Crippen LogP contribution in [0.2, 0.25) is 0 Å². The van der Waals surface area contributed by atoms with Gasteiger partial charge in [0.15, 0.2) is 0 Å². The minimum Gasteiger partial charge on any atom is -0.363 e. The fourth-order valence-electron chi connectivity index (χ4n) is 1.19. The topological polar surface area (TPSA) is 55.6 Å². The van der Waals surface area contributed by atoms with Gasteiger partial charge < -0.3 is 5.32 Å². The van der Waals surface area contributed by atoms with Crippen molar-refractivity contribution in [3.05, 3.63) is 35.0 Å². The lowest BCUT2D eigenvalue weighted by Crippen LogP contribution is -2.06. The zero-order valence-electron chi connectivity index (χ0n) is 8.18. The van der Waals surface area contributed by atoms with Crippen molar-refractivity contribution in [3.8, 4) is 0 Å². The van der Waals surface area contributed by atoms with Crippen LogP contribution >= 0.6 is 15.9 Å². The molecule has 0 saturated carbocycles. The van der Waals surface area contributed by atoms with E-state index in [0.29, 0.717) is 6.54 Å². The van der Waals surface area contributed by atoms with Gasteiger partial charge in [-0.3, -0.25) is 4.68 Å². The van der Waals surface area contributed by atoms with Crippen molar-refractivity contribution in [2.45, 2.75) is 6.54 Å². The van der Waals surface area contributed by atoms with E-state index in [0.717, 1.165) is 16.0 Å². The Morgan fingerprint density at radius 2 is 2.40 bits per heavy atom. The molecule has 0 bridgehead atoms. The lowest BCUT2D eigenvalue weighted by atomic mass is 10.4. The third-order valence-electron chi connectivity index (χ3n) is 2.03. The highest BCUT2D eigenvalue weighted by atomic mass is 79.9. The summed E-state index contributed by atoms with van der Waals surface area (Å²) >= 11 is 3.37. The molecule has 0 unspecified atom stereocenters. The molecule has 1 N–H and O–H groups in total. The van der Waals surface area contributed by atoms with E-state index in [1.165, 1.54) is 6.33 Å². The average Bonchev–Trinajstić information content (AvgIpc) is 2.63. The summed E-state index contributed by atoms with van der Waals surface area (Å²) in [5, 5.41) is 7.28. The van der Waals surface area contributed by atoms with Crippen LogP contribution in [-0.2, 0) is 13.6 Å². The fraction of sp³-hybridized carbons (Fsp3) is 0.222. The molecule has 78 valence electrons. The third-order valence-corrected chi connectivity index (χ3v) is 2.61. The van der Waals surface area contributed by atoms with Gasteiger partial charge in [-0.25, -0.2) is 9.97 Å². The van der Waals surface area contributed by atoms with Gasteiger partial charge >= 0.3 is 0 Å². The molecular formula is C9H10BrN5. The number of halogens is 1. The second-order valence-electron chi connectivity index (χ2n) is 3.02. The van der Waals surface area contributed by atoms with Crippen molar-refractivity contribution < 1.29 is 0 Å². The molecule has 0 aromatic carbocycles. The van der Waals surface area contributed by atoms with E-state index in [1.807, 2.05) is 17.8 Å². The Morgan fingerprint density at radius 3 is 3.07 bits per heavy atom. The zero-order chi connectivity index (χ0) is 10.7. The predicted molar refractivity (Wildman–Crippen MR) is 60.3 cm³/mol. The van der Waals surface area contributed by atoms with Crippen LogP contribution in [0.15, 0.2) is 29.3 Å². The van der Waals surface area contributed by atoms with Crippen LogP contribution in [0.4, 0.5) is 5.82 Å². The fourth-order valence-corrected chi connectivity index (χ4v) is 1.55. The Morgan fingerprint density at radius 1 is 1.53 bits per heavy atom. The monoisotopic (exact) mass is 267 g/mol. The predicted octanol–water partition coefficient (Wildman–Crippen LogP) is 1.58. The summed E-state index contributed by atoms with van der Waals surface area (Å²) in [4.78, 5) is 8.00. The van der Waals surface area contributed by atoms with E-state index in [2.05, 4.69) is 36.3 Å². The summed E-state index contributed by atoms with van der Waals surface area (Å²) in [5.41, 5.74) is 1.10. The molecule has 2 aromatic rings. The van der Waals surface area contributed by atoms with E-state index < -0.39 is 0 Å². The van der Waals surface area contributed by atoms with E-state index in [1.54, 1.807) is 12.4 Å². The highest BCUT2D eigenvalue weighted by molar-refractivity contribution is 9.10. The minimum atomic E-state index is 0.687. The summed E-state index contributed by atoms with van der Waals surface area (Å²) in [6.45, 7) is 0.687. The van der Waals surface area contributed by atoms with E-state index >= 15 is 0 Å². The molecule has 2 aromatic heterocycles. The second kappa shape index (κ2) is 4.39. The first-order valence-electron chi connectivity index (χ1n) is 4.43. The quantitative estimate of drug-likeness (QED) is 0.918. The Labute approximate surface area is 95.7 Å².